The summed E-state index contributed by atoms with van der Waals surface area (Å²) in [5.74, 6) is 0.0243. The monoisotopic (exact) mass is 304 g/mol. The van der Waals surface area contributed by atoms with Crippen molar-refractivity contribution in [2.24, 2.45) is 7.05 Å². The molecule has 1 amide bonds. The van der Waals surface area contributed by atoms with E-state index in [9.17, 15) is 4.79 Å². The fraction of sp³-hybridized carbons (Fsp3) is 0.533. The second-order valence-corrected chi connectivity index (χ2v) is 6.52. The van der Waals surface area contributed by atoms with E-state index in [1.54, 1.807) is 16.0 Å². The standard InChI is InChI=1S/C15H20N4OS/c1-10-9-21-14(16-10)13-6-4-5-7-19(13)15(20)12-8-11(2)18(3)17-12/h8-9,13H,4-7H2,1-3H3. The Kier molecular flexibility index (Phi) is 3.80. The van der Waals surface area contributed by atoms with Gasteiger partial charge < -0.3 is 4.90 Å². The Bertz CT molecular complexity index is 641. The summed E-state index contributed by atoms with van der Waals surface area (Å²) in [4.78, 5) is 19.3. The van der Waals surface area contributed by atoms with Crippen LogP contribution in [0.3, 0.4) is 0 Å². The van der Waals surface area contributed by atoms with Crippen LogP contribution in [0.5, 0.6) is 0 Å². The number of thiazole rings is 1. The quantitative estimate of drug-likeness (QED) is 0.857. The zero-order valence-electron chi connectivity index (χ0n) is 12.7. The Labute approximate surface area is 128 Å². The Morgan fingerprint density at radius 2 is 2.19 bits per heavy atom. The molecule has 1 fully saturated rings. The highest BCUT2D eigenvalue weighted by Gasteiger charge is 2.31. The van der Waals surface area contributed by atoms with Gasteiger partial charge in [-0.1, -0.05) is 0 Å². The van der Waals surface area contributed by atoms with Gasteiger partial charge in [0.05, 0.1) is 6.04 Å². The number of piperidine rings is 1. The van der Waals surface area contributed by atoms with Crippen LogP contribution < -0.4 is 0 Å². The molecule has 2 aromatic rings. The van der Waals surface area contributed by atoms with E-state index in [4.69, 9.17) is 0 Å². The lowest BCUT2D eigenvalue weighted by atomic mass is 10.0. The largest absolute Gasteiger partial charge is 0.328 e. The molecule has 6 heteroatoms. The van der Waals surface area contributed by atoms with E-state index in [1.165, 1.54) is 0 Å². The van der Waals surface area contributed by atoms with Crippen molar-refractivity contribution in [3.8, 4) is 0 Å². The summed E-state index contributed by atoms with van der Waals surface area (Å²) in [6.07, 6.45) is 3.19. The Hall–Kier alpha value is -1.69. The molecule has 1 aliphatic rings. The molecule has 0 aromatic carbocycles. The first-order valence-corrected chi connectivity index (χ1v) is 8.18. The number of nitrogens with zero attached hydrogens (tertiary/aromatic N) is 4. The summed E-state index contributed by atoms with van der Waals surface area (Å²) in [6, 6.07) is 1.97. The van der Waals surface area contributed by atoms with Crippen molar-refractivity contribution in [1.82, 2.24) is 19.7 Å². The first-order chi connectivity index (χ1) is 10.1. The predicted octanol–water partition coefficient (Wildman–Crippen LogP) is 2.86. The summed E-state index contributed by atoms with van der Waals surface area (Å²) in [7, 11) is 1.87. The molecule has 1 unspecified atom stereocenters. The number of carbonyl (C=O) groups excluding carboxylic acids is 1. The second-order valence-electron chi connectivity index (χ2n) is 5.63. The van der Waals surface area contributed by atoms with E-state index in [0.29, 0.717) is 5.69 Å². The lowest BCUT2D eigenvalue weighted by Gasteiger charge is -2.34. The van der Waals surface area contributed by atoms with Crippen LogP contribution in [0.2, 0.25) is 0 Å². The van der Waals surface area contributed by atoms with Crippen molar-refractivity contribution < 1.29 is 4.79 Å². The zero-order valence-corrected chi connectivity index (χ0v) is 13.5. The van der Waals surface area contributed by atoms with Crippen LogP contribution in [0.25, 0.3) is 0 Å². The van der Waals surface area contributed by atoms with Crippen LogP contribution in [0.1, 0.15) is 52.2 Å². The molecule has 1 atom stereocenters. The zero-order chi connectivity index (χ0) is 15.0. The summed E-state index contributed by atoms with van der Waals surface area (Å²) >= 11 is 1.65. The van der Waals surface area contributed by atoms with Gasteiger partial charge in [0.2, 0.25) is 0 Å². The van der Waals surface area contributed by atoms with Crippen LogP contribution in [-0.4, -0.2) is 32.1 Å². The number of hydrogen-bond donors (Lipinski definition) is 0. The van der Waals surface area contributed by atoms with Crippen molar-refractivity contribution in [2.75, 3.05) is 6.54 Å². The molecular formula is C15H20N4OS. The maximum Gasteiger partial charge on any atom is 0.274 e. The summed E-state index contributed by atoms with van der Waals surface area (Å²) in [5, 5.41) is 7.43. The smallest absolute Gasteiger partial charge is 0.274 e. The SMILES string of the molecule is Cc1csc(C2CCCCN2C(=O)c2cc(C)n(C)n2)n1. The van der Waals surface area contributed by atoms with E-state index in [0.717, 1.165) is 42.2 Å². The third kappa shape index (κ3) is 2.72. The Balaban J connectivity index is 1.88. The average molecular weight is 304 g/mol. The number of rotatable bonds is 2. The van der Waals surface area contributed by atoms with Gasteiger partial charge in [0.1, 0.15) is 5.01 Å². The molecule has 2 aromatic heterocycles. The van der Waals surface area contributed by atoms with Crippen LogP contribution in [0.15, 0.2) is 11.4 Å². The molecule has 3 rings (SSSR count). The number of likely N-dealkylation sites (tertiary alicyclic amines) is 1. The molecule has 0 aliphatic carbocycles. The third-order valence-electron chi connectivity index (χ3n) is 4.02. The molecule has 112 valence electrons. The van der Waals surface area contributed by atoms with Gasteiger partial charge in [-0.15, -0.1) is 11.3 Å². The van der Waals surface area contributed by atoms with E-state index in [2.05, 4.69) is 15.5 Å². The highest BCUT2D eigenvalue weighted by Crippen LogP contribution is 2.33. The highest BCUT2D eigenvalue weighted by molar-refractivity contribution is 7.09. The molecule has 5 nitrogen and oxygen atoms in total. The second kappa shape index (κ2) is 5.60. The van der Waals surface area contributed by atoms with Gasteiger partial charge in [0.25, 0.3) is 5.91 Å². The van der Waals surface area contributed by atoms with Crippen LogP contribution in [0.4, 0.5) is 0 Å². The molecule has 21 heavy (non-hydrogen) atoms. The third-order valence-corrected chi connectivity index (χ3v) is 5.08. The van der Waals surface area contributed by atoms with Gasteiger partial charge in [0, 0.05) is 30.4 Å². The van der Waals surface area contributed by atoms with Crippen molar-refractivity contribution in [3.05, 3.63) is 33.5 Å². The first kappa shape index (κ1) is 14.3. The fourth-order valence-electron chi connectivity index (χ4n) is 2.77. The normalized spacial score (nSPS) is 19.0. The Morgan fingerprint density at radius 1 is 1.38 bits per heavy atom. The predicted molar refractivity (Wildman–Crippen MR) is 82.4 cm³/mol. The molecule has 0 saturated carbocycles. The molecule has 0 N–H and O–H groups in total. The molecule has 1 saturated heterocycles. The fourth-order valence-corrected chi connectivity index (χ4v) is 3.71. The number of aryl methyl sites for hydroxylation is 3. The van der Waals surface area contributed by atoms with E-state index >= 15 is 0 Å². The van der Waals surface area contributed by atoms with Crippen molar-refractivity contribution >= 4 is 17.2 Å². The van der Waals surface area contributed by atoms with E-state index < -0.39 is 0 Å². The molecule has 0 radical (unpaired) electrons. The topological polar surface area (TPSA) is 51.0 Å². The summed E-state index contributed by atoms with van der Waals surface area (Å²) in [5.41, 5.74) is 2.56. The molecule has 0 bridgehead atoms. The lowest BCUT2D eigenvalue weighted by molar-refractivity contribution is 0.0604. The number of aromatic nitrogens is 3. The molecule has 0 spiro atoms. The first-order valence-electron chi connectivity index (χ1n) is 7.30. The Morgan fingerprint density at radius 3 is 2.81 bits per heavy atom. The van der Waals surface area contributed by atoms with Gasteiger partial charge in [-0.25, -0.2) is 4.98 Å². The number of carbonyl (C=O) groups is 1. The van der Waals surface area contributed by atoms with Crippen molar-refractivity contribution in [3.63, 3.8) is 0 Å². The van der Waals surface area contributed by atoms with Crippen molar-refractivity contribution in [2.45, 2.75) is 39.2 Å². The number of hydrogen-bond acceptors (Lipinski definition) is 4. The van der Waals surface area contributed by atoms with Gasteiger partial charge in [-0.3, -0.25) is 9.48 Å². The van der Waals surface area contributed by atoms with E-state index in [-0.39, 0.29) is 11.9 Å². The van der Waals surface area contributed by atoms with Gasteiger partial charge in [-0.05, 0) is 39.2 Å². The average Bonchev–Trinajstić information content (AvgIpc) is 3.05. The summed E-state index contributed by atoms with van der Waals surface area (Å²) in [6.45, 7) is 4.75. The van der Waals surface area contributed by atoms with Crippen molar-refractivity contribution in [1.29, 1.82) is 0 Å². The number of amides is 1. The maximum atomic E-state index is 12.8. The van der Waals surface area contributed by atoms with Crippen LogP contribution >= 0.6 is 11.3 Å². The van der Waals surface area contributed by atoms with Gasteiger partial charge in [-0.2, -0.15) is 5.10 Å². The van der Waals surface area contributed by atoms with E-state index in [1.807, 2.05) is 31.9 Å². The molecule has 3 heterocycles. The highest BCUT2D eigenvalue weighted by atomic mass is 32.1. The van der Waals surface area contributed by atoms with Gasteiger partial charge >= 0.3 is 0 Å². The van der Waals surface area contributed by atoms with Crippen LogP contribution in [0, 0.1) is 13.8 Å². The van der Waals surface area contributed by atoms with Gasteiger partial charge in [0.15, 0.2) is 5.69 Å². The minimum absolute atomic E-state index is 0.0243. The summed E-state index contributed by atoms with van der Waals surface area (Å²) < 4.78 is 1.75. The molecular weight excluding hydrogens is 284 g/mol. The minimum atomic E-state index is 0.0243. The molecule has 1 aliphatic heterocycles. The minimum Gasteiger partial charge on any atom is -0.328 e. The maximum absolute atomic E-state index is 12.8. The lowest BCUT2D eigenvalue weighted by Crippen LogP contribution is -2.38. The van der Waals surface area contributed by atoms with Crippen LogP contribution in [-0.2, 0) is 7.05 Å².